The van der Waals surface area contributed by atoms with E-state index in [9.17, 15) is 4.79 Å². The minimum absolute atomic E-state index is 0.0143. The van der Waals surface area contributed by atoms with Crippen LogP contribution in [0, 0.1) is 0 Å². The van der Waals surface area contributed by atoms with Crippen molar-refractivity contribution in [2.24, 2.45) is 0 Å². The monoisotopic (exact) mass is 528 g/mol. The normalized spacial score (nSPS) is 14.6. The van der Waals surface area contributed by atoms with E-state index in [2.05, 4.69) is 54.3 Å². The summed E-state index contributed by atoms with van der Waals surface area (Å²) in [6.07, 6.45) is 5.32. The summed E-state index contributed by atoms with van der Waals surface area (Å²) in [6, 6.07) is 26.7. The van der Waals surface area contributed by atoms with E-state index < -0.39 is 0 Å². The number of imidazole rings is 2. The standard InChI is InChI=1S/C31H28N8O/c40-31-34-25-8-4-5-9-26(25)39(31)24-14-18-38(19-15-24)20-21-10-12-23(13-11-21)27-28(22-6-2-1-3-7-22)36-37-30(35-27)29-32-16-17-33-29/h1-13,16-17,24H,14-15,18-20H2,(H,32,33)(H,34,40). The fraction of sp³-hybridized carbons (Fsp3) is 0.194. The van der Waals surface area contributed by atoms with Gasteiger partial charge in [-0.15, -0.1) is 10.2 Å². The van der Waals surface area contributed by atoms with Crippen molar-refractivity contribution in [2.45, 2.75) is 25.4 Å². The Kier molecular flexibility index (Phi) is 6.25. The van der Waals surface area contributed by atoms with Crippen molar-refractivity contribution in [2.75, 3.05) is 13.1 Å². The van der Waals surface area contributed by atoms with E-state index in [1.54, 1.807) is 12.4 Å². The Morgan fingerprint density at radius 1 is 0.825 bits per heavy atom. The Labute approximate surface area is 230 Å². The molecule has 9 nitrogen and oxygen atoms in total. The van der Waals surface area contributed by atoms with Crippen LogP contribution in [-0.4, -0.2) is 52.7 Å². The summed E-state index contributed by atoms with van der Waals surface area (Å²) in [5, 5.41) is 8.88. The maximum Gasteiger partial charge on any atom is 0.326 e. The van der Waals surface area contributed by atoms with Gasteiger partial charge in [0, 0.05) is 49.2 Å². The van der Waals surface area contributed by atoms with Gasteiger partial charge in [-0.25, -0.2) is 14.8 Å². The molecule has 1 aliphatic heterocycles. The largest absolute Gasteiger partial charge is 0.342 e. The maximum absolute atomic E-state index is 12.6. The second-order valence-electron chi connectivity index (χ2n) is 10.2. The first-order valence-electron chi connectivity index (χ1n) is 13.5. The van der Waals surface area contributed by atoms with Gasteiger partial charge in [0.2, 0.25) is 5.82 Å². The third-order valence-electron chi connectivity index (χ3n) is 7.62. The number of rotatable bonds is 6. The van der Waals surface area contributed by atoms with E-state index in [1.165, 1.54) is 5.56 Å². The molecule has 2 N–H and O–H groups in total. The summed E-state index contributed by atoms with van der Waals surface area (Å²) in [5.74, 6) is 1.05. The Balaban J connectivity index is 1.09. The SMILES string of the molecule is O=c1[nH]c2ccccc2n1C1CCN(Cc2ccc(-c3nc(-c4ncc[nH]4)nnc3-c3ccccc3)cc2)CC1. The van der Waals surface area contributed by atoms with Crippen LogP contribution < -0.4 is 5.69 Å². The molecule has 198 valence electrons. The molecule has 3 aromatic heterocycles. The zero-order chi connectivity index (χ0) is 26.9. The molecule has 0 amide bonds. The van der Waals surface area contributed by atoms with Crippen molar-refractivity contribution < 1.29 is 0 Å². The molecule has 0 saturated carbocycles. The van der Waals surface area contributed by atoms with Gasteiger partial charge in [0.1, 0.15) is 11.4 Å². The first-order valence-corrected chi connectivity index (χ1v) is 13.5. The van der Waals surface area contributed by atoms with Crippen molar-refractivity contribution in [1.29, 1.82) is 0 Å². The van der Waals surface area contributed by atoms with Crippen molar-refractivity contribution in [3.05, 3.63) is 107 Å². The van der Waals surface area contributed by atoms with Crippen LogP contribution in [0.2, 0.25) is 0 Å². The van der Waals surface area contributed by atoms with Crippen LogP contribution in [-0.2, 0) is 6.54 Å². The highest BCUT2D eigenvalue weighted by molar-refractivity contribution is 5.78. The molecular weight excluding hydrogens is 500 g/mol. The Morgan fingerprint density at radius 3 is 2.35 bits per heavy atom. The molecular formula is C31H28N8O. The summed E-state index contributed by atoms with van der Waals surface area (Å²) in [7, 11) is 0. The average Bonchev–Trinajstić information content (AvgIpc) is 3.66. The van der Waals surface area contributed by atoms with Crippen molar-refractivity contribution >= 4 is 11.0 Å². The molecule has 7 rings (SSSR count). The van der Waals surface area contributed by atoms with Gasteiger partial charge in [-0.05, 0) is 30.5 Å². The molecule has 6 aromatic rings. The van der Waals surface area contributed by atoms with E-state index in [0.717, 1.165) is 66.0 Å². The lowest BCUT2D eigenvalue weighted by atomic mass is 10.0. The van der Waals surface area contributed by atoms with Crippen molar-refractivity contribution in [3.63, 3.8) is 0 Å². The highest BCUT2D eigenvalue weighted by atomic mass is 16.1. The third-order valence-corrected chi connectivity index (χ3v) is 7.62. The second kappa shape index (κ2) is 10.3. The van der Waals surface area contributed by atoms with E-state index in [0.29, 0.717) is 11.6 Å². The minimum atomic E-state index is -0.0143. The fourth-order valence-electron chi connectivity index (χ4n) is 5.60. The average molecular weight is 529 g/mol. The number of aromatic amines is 2. The van der Waals surface area contributed by atoms with E-state index in [-0.39, 0.29) is 11.7 Å². The molecule has 1 saturated heterocycles. The lowest BCUT2D eigenvalue weighted by molar-refractivity contribution is 0.180. The molecule has 0 aliphatic carbocycles. The third kappa shape index (κ3) is 4.60. The Hall–Kier alpha value is -4.89. The molecule has 3 aromatic carbocycles. The van der Waals surface area contributed by atoms with Gasteiger partial charge in [0.15, 0.2) is 5.82 Å². The van der Waals surface area contributed by atoms with E-state index in [1.807, 2.05) is 59.2 Å². The lowest BCUT2D eigenvalue weighted by Gasteiger charge is -2.32. The topological polar surface area (TPSA) is 108 Å². The van der Waals surface area contributed by atoms with Crippen molar-refractivity contribution in [3.8, 4) is 34.2 Å². The summed E-state index contributed by atoms with van der Waals surface area (Å²) in [6.45, 7) is 2.75. The maximum atomic E-state index is 12.6. The van der Waals surface area contributed by atoms with Crippen LogP contribution >= 0.6 is 0 Å². The summed E-state index contributed by atoms with van der Waals surface area (Å²) < 4.78 is 1.94. The summed E-state index contributed by atoms with van der Waals surface area (Å²) >= 11 is 0. The highest BCUT2D eigenvalue weighted by Crippen LogP contribution is 2.30. The predicted octanol–water partition coefficient (Wildman–Crippen LogP) is 5.08. The number of hydrogen-bond acceptors (Lipinski definition) is 6. The molecule has 0 radical (unpaired) electrons. The molecule has 4 heterocycles. The minimum Gasteiger partial charge on any atom is -0.342 e. The lowest BCUT2D eigenvalue weighted by Crippen LogP contribution is -2.36. The number of nitrogens with zero attached hydrogens (tertiary/aromatic N) is 6. The summed E-state index contributed by atoms with van der Waals surface area (Å²) in [5.41, 5.74) is 6.56. The van der Waals surface area contributed by atoms with E-state index >= 15 is 0 Å². The number of likely N-dealkylation sites (tertiary alicyclic amines) is 1. The van der Waals surface area contributed by atoms with Crippen molar-refractivity contribution in [1.82, 2.24) is 39.6 Å². The molecule has 0 unspecified atom stereocenters. The number of H-pyrrole nitrogens is 2. The van der Waals surface area contributed by atoms with Gasteiger partial charge in [0.05, 0.1) is 11.0 Å². The van der Waals surface area contributed by atoms with Gasteiger partial charge < -0.3 is 9.97 Å². The van der Waals surface area contributed by atoms with Gasteiger partial charge in [-0.3, -0.25) is 9.47 Å². The van der Waals surface area contributed by atoms with Gasteiger partial charge in [-0.2, -0.15) is 0 Å². The quantitative estimate of drug-likeness (QED) is 0.312. The molecule has 0 bridgehead atoms. The number of fused-ring (bicyclic) bond motifs is 1. The number of para-hydroxylation sites is 2. The molecule has 9 heteroatoms. The number of aromatic nitrogens is 7. The summed E-state index contributed by atoms with van der Waals surface area (Å²) in [4.78, 5) is 30.3. The Bertz CT molecular complexity index is 1800. The van der Waals surface area contributed by atoms with Gasteiger partial charge in [0.25, 0.3) is 0 Å². The van der Waals surface area contributed by atoms with Crippen LogP contribution in [0.5, 0.6) is 0 Å². The second-order valence-corrected chi connectivity index (χ2v) is 10.2. The van der Waals surface area contributed by atoms with Crippen LogP contribution in [0.15, 0.2) is 96.1 Å². The Morgan fingerprint density at radius 2 is 1.57 bits per heavy atom. The number of piperidine rings is 1. The van der Waals surface area contributed by atoms with Crippen LogP contribution in [0.1, 0.15) is 24.4 Å². The van der Waals surface area contributed by atoms with Crippen LogP contribution in [0.4, 0.5) is 0 Å². The predicted molar refractivity (Wildman–Crippen MR) is 154 cm³/mol. The number of nitrogens with one attached hydrogen (secondary N) is 2. The van der Waals surface area contributed by atoms with Gasteiger partial charge in [-0.1, -0.05) is 66.7 Å². The molecule has 1 fully saturated rings. The van der Waals surface area contributed by atoms with E-state index in [4.69, 9.17) is 4.98 Å². The number of benzene rings is 3. The zero-order valence-electron chi connectivity index (χ0n) is 21.9. The smallest absolute Gasteiger partial charge is 0.326 e. The number of hydrogen-bond donors (Lipinski definition) is 2. The highest BCUT2D eigenvalue weighted by Gasteiger charge is 2.24. The molecule has 0 spiro atoms. The van der Waals surface area contributed by atoms with Gasteiger partial charge >= 0.3 is 5.69 Å². The fourth-order valence-corrected chi connectivity index (χ4v) is 5.60. The molecule has 0 atom stereocenters. The molecule has 40 heavy (non-hydrogen) atoms. The first-order chi connectivity index (χ1) is 19.7. The van der Waals surface area contributed by atoms with Crippen LogP contribution in [0.3, 0.4) is 0 Å². The molecule has 1 aliphatic rings. The first kappa shape index (κ1) is 24.2. The van der Waals surface area contributed by atoms with Crippen LogP contribution in [0.25, 0.3) is 45.2 Å². The zero-order valence-corrected chi connectivity index (χ0v) is 21.9.